The SMILES string of the molecule is CCCOc1ccc(C(=O)Nc2cccc(C(=O)NC(C)C)c2)cc1. The molecule has 0 aliphatic carbocycles. The van der Waals surface area contributed by atoms with Gasteiger partial charge in [0.05, 0.1) is 6.61 Å². The van der Waals surface area contributed by atoms with Gasteiger partial charge in [-0.25, -0.2) is 0 Å². The van der Waals surface area contributed by atoms with Gasteiger partial charge in [-0.1, -0.05) is 13.0 Å². The third-order valence-electron chi connectivity index (χ3n) is 3.39. The summed E-state index contributed by atoms with van der Waals surface area (Å²) in [4.78, 5) is 24.4. The molecule has 2 N–H and O–H groups in total. The van der Waals surface area contributed by atoms with E-state index in [9.17, 15) is 9.59 Å². The Labute approximate surface area is 148 Å². The molecule has 2 rings (SSSR count). The zero-order valence-electron chi connectivity index (χ0n) is 14.8. The van der Waals surface area contributed by atoms with Crippen molar-refractivity contribution in [1.29, 1.82) is 0 Å². The zero-order valence-corrected chi connectivity index (χ0v) is 14.8. The largest absolute Gasteiger partial charge is 0.494 e. The minimum Gasteiger partial charge on any atom is -0.494 e. The molecular weight excluding hydrogens is 316 g/mol. The van der Waals surface area contributed by atoms with Crippen LogP contribution in [0.15, 0.2) is 48.5 Å². The maximum atomic E-state index is 12.3. The number of anilines is 1. The lowest BCUT2D eigenvalue weighted by atomic mass is 10.1. The Morgan fingerprint density at radius 1 is 1.00 bits per heavy atom. The zero-order chi connectivity index (χ0) is 18.2. The van der Waals surface area contributed by atoms with E-state index in [2.05, 4.69) is 10.6 Å². The lowest BCUT2D eigenvalue weighted by molar-refractivity contribution is 0.0941. The number of benzene rings is 2. The van der Waals surface area contributed by atoms with Gasteiger partial charge in [0.2, 0.25) is 0 Å². The molecule has 25 heavy (non-hydrogen) atoms. The molecule has 0 aliphatic rings. The summed E-state index contributed by atoms with van der Waals surface area (Å²) in [6.45, 7) is 6.49. The molecule has 5 heteroatoms. The number of hydrogen-bond donors (Lipinski definition) is 2. The predicted octanol–water partition coefficient (Wildman–Crippen LogP) is 3.87. The number of hydrogen-bond acceptors (Lipinski definition) is 3. The number of ether oxygens (including phenoxy) is 1. The van der Waals surface area contributed by atoms with Crippen LogP contribution in [0.1, 0.15) is 47.9 Å². The first-order chi connectivity index (χ1) is 12.0. The van der Waals surface area contributed by atoms with Crippen LogP contribution in [0.2, 0.25) is 0 Å². The molecule has 2 amide bonds. The maximum absolute atomic E-state index is 12.3. The van der Waals surface area contributed by atoms with Crippen LogP contribution >= 0.6 is 0 Å². The van der Waals surface area contributed by atoms with Gasteiger partial charge in [-0.3, -0.25) is 9.59 Å². The lowest BCUT2D eigenvalue weighted by Crippen LogP contribution is -2.30. The summed E-state index contributed by atoms with van der Waals surface area (Å²) in [6.07, 6.45) is 0.933. The van der Waals surface area contributed by atoms with Crippen LogP contribution in [0.25, 0.3) is 0 Å². The summed E-state index contributed by atoms with van der Waals surface area (Å²) in [5.74, 6) is 0.345. The summed E-state index contributed by atoms with van der Waals surface area (Å²) in [6, 6.07) is 13.9. The molecule has 0 bridgehead atoms. The summed E-state index contributed by atoms with van der Waals surface area (Å²) >= 11 is 0. The van der Waals surface area contributed by atoms with Gasteiger partial charge in [0.15, 0.2) is 0 Å². The number of rotatable bonds is 7. The van der Waals surface area contributed by atoms with Crippen LogP contribution in [-0.4, -0.2) is 24.5 Å². The highest BCUT2D eigenvalue weighted by Crippen LogP contribution is 2.16. The fraction of sp³-hybridized carbons (Fsp3) is 0.300. The Hall–Kier alpha value is -2.82. The van der Waals surface area contributed by atoms with Gasteiger partial charge in [-0.15, -0.1) is 0 Å². The predicted molar refractivity (Wildman–Crippen MR) is 99.2 cm³/mol. The Kier molecular flexibility index (Phi) is 6.57. The van der Waals surface area contributed by atoms with Crippen LogP contribution in [0.4, 0.5) is 5.69 Å². The van der Waals surface area contributed by atoms with Crippen LogP contribution in [-0.2, 0) is 0 Å². The van der Waals surface area contributed by atoms with Crippen molar-refractivity contribution in [3.8, 4) is 5.75 Å². The number of carbonyl (C=O) groups is 2. The van der Waals surface area contributed by atoms with E-state index in [1.165, 1.54) is 0 Å². The minimum absolute atomic E-state index is 0.0548. The van der Waals surface area contributed by atoms with Crippen LogP contribution in [0.3, 0.4) is 0 Å². The quantitative estimate of drug-likeness (QED) is 0.804. The Balaban J connectivity index is 2.03. The first kappa shape index (κ1) is 18.5. The highest BCUT2D eigenvalue weighted by Gasteiger charge is 2.10. The fourth-order valence-corrected chi connectivity index (χ4v) is 2.21. The molecule has 0 saturated carbocycles. The second kappa shape index (κ2) is 8.87. The molecule has 5 nitrogen and oxygen atoms in total. The Bertz CT molecular complexity index is 724. The average Bonchev–Trinajstić information content (AvgIpc) is 2.60. The number of nitrogens with one attached hydrogen (secondary N) is 2. The molecule has 0 unspecified atom stereocenters. The molecule has 0 aliphatic heterocycles. The van der Waals surface area contributed by atoms with Gasteiger partial charge in [-0.2, -0.15) is 0 Å². The molecule has 2 aromatic rings. The van der Waals surface area contributed by atoms with Crippen molar-refractivity contribution in [1.82, 2.24) is 5.32 Å². The van der Waals surface area contributed by atoms with E-state index in [4.69, 9.17) is 4.74 Å². The summed E-state index contributed by atoms with van der Waals surface area (Å²) in [7, 11) is 0. The van der Waals surface area contributed by atoms with Crippen molar-refractivity contribution in [2.45, 2.75) is 33.2 Å². The van der Waals surface area contributed by atoms with E-state index in [1.807, 2.05) is 20.8 Å². The monoisotopic (exact) mass is 340 g/mol. The minimum atomic E-state index is -0.233. The first-order valence-corrected chi connectivity index (χ1v) is 8.44. The van der Waals surface area contributed by atoms with Crippen LogP contribution < -0.4 is 15.4 Å². The molecule has 0 heterocycles. The molecule has 0 aromatic heterocycles. The molecule has 0 atom stereocenters. The Morgan fingerprint density at radius 3 is 2.36 bits per heavy atom. The first-order valence-electron chi connectivity index (χ1n) is 8.44. The summed E-state index contributed by atoms with van der Waals surface area (Å²) in [5.41, 5.74) is 1.61. The molecule has 2 aromatic carbocycles. The number of carbonyl (C=O) groups excluding carboxylic acids is 2. The van der Waals surface area contributed by atoms with E-state index >= 15 is 0 Å². The van der Waals surface area contributed by atoms with Gasteiger partial charge in [0, 0.05) is 22.9 Å². The maximum Gasteiger partial charge on any atom is 0.255 e. The second-order valence-corrected chi connectivity index (χ2v) is 6.04. The highest BCUT2D eigenvalue weighted by atomic mass is 16.5. The van der Waals surface area contributed by atoms with E-state index in [0.29, 0.717) is 23.4 Å². The average molecular weight is 340 g/mol. The fourth-order valence-electron chi connectivity index (χ4n) is 2.21. The summed E-state index contributed by atoms with van der Waals surface area (Å²) in [5, 5.41) is 5.64. The van der Waals surface area contributed by atoms with E-state index in [1.54, 1.807) is 48.5 Å². The van der Waals surface area contributed by atoms with E-state index in [-0.39, 0.29) is 17.9 Å². The van der Waals surface area contributed by atoms with Crippen molar-refractivity contribution < 1.29 is 14.3 Å². The van der Waals surface area contributed by atoms with E-state index < -0.39 is 0 Å². The van der Waals surface area contributed by atoms with E-state index in [0.717, 1.165) is 12.2 Å². The van der Waals surface area contributed by atoms with Gasteiger partial charge < -0.3 is 15.4 Å². The molecule has 0 spiro atoms. The van der Waals surface area contributed by atoms with Crippen LogP contribution in [0.5, 0.6) is 5.75 Å². The lowest BCUT2D eigenvalue weighted by Gasteiger charge is -2.10. The van der Waals surface area contributed by atoms with Crippen molar-refractivity contribution in [3.05, 3.63) is 59.7 Å². The highest BCUT2D eigenvalue weighted by molar-refractivity contribution is 6.05. The van der Waals surface area contributed by atoms with Gasteiger partial charge in [0.1, 0.15) is 5.75 Å². The Morgan fingerprint density at radius 2 is 1.72 bits per heavy atom. The third-order valence-corrected chi connectivity index (χ3v) is 3.39. The normalized spacial score (nSPS) is 10.4. The smallest absolute Gasteiger partial charge is 0.255 e. The topological polar surface area (TPSA) is 67.4 Å². The standard InChI is InChI=1S/C20H24N2O3/c1-4-12-25-18-10-8-15(9-11-18)19(23)22-17-7-5-6-16(13-17)20(24)21-14(2)3/h5-11,13-14H,4,12H2,1-3H3,(H,21,24)(H,22,23). The number of amides is 2. The molecule has 132 valence electrons. The van der Waals surface area contributed by atoms with Crippen molar-refractivity contribution >= 4 is 17.5 Å². The third kappa shape index (κ3) is 5.64. The molecular formula is C20H24N2O3. The van der Waals surface area contributed by atoms with Crippen molar-refractivity contribution in [2.24, 2.45) is 0 Å². The van der Waals surface area contributed by atoms with Crippen LogP contribution in [0, 0.1) is 0 Å². The van der Waals surface area contributed by atoms with Gasteiger partial charge in [-0.05, 0) is 62.7 Å². The molecule has 0 radical (unpaired) electrons. The van der Waals surface area contributed by atoms with Crippen molar-refractivity contribution in [3.63, 3.8) is 0 Å². The molecule has 0 fully saturated rings. The van der Waals surface area contributed by atoms with Crippen molar-refractivity contribution in [2.75, 3.05) is 11.9 Å². The molecule has 0 saturated heterocycles. The van der Waals surface area contributed by atoms with Gasteiger partial charge >= 0.3 is 0 Å². The summed E-state index contributed by atoms with van der Waals surface area (Å²) < 4.78 is 5.51. The van der Waals surface area contributed by atoms with Gasteiger partial charge in [0.25, 0.3) is 11.8 Å². The second-order valence-electron chi connectivity index (χ2n) is 6.04.